The number of aromatic hydroxyl groups is 4. The van der Waals surface area contributed by atoms with Crippen LogP contribution in [0.25, 0.3) is 0 Å². The second kappa shape index (κ2) is 20.1. The summed E-state index contributed by atoms with van der Waals surface area (Å²) in [7, 11) is 0. The predicted octanol–water partition coefficient (Wildman–Crippen LogP) is 11.4. The average Bonchev–Trinajstić information content (AvgIpc) is 2.97. The summed E-state index contributed by atoms with van der Waals surface area (Å²) in [6.07, 6.45) is 9.48. The van der Waals surface area contributed by atoms with Gasteiger partial charge in [-0.05, 0) is 105 Å². The van der Waals surface area contributed by atoms with E-state index in [0.29, 0.717) is 61.1 Å². The van der Waals surface area contributed by atoms with Gasteiger partial charge < -0.3 is 30.9 Å². The summed E-state index contributed by atoms with van der Waals surface area (Å²) >= 11 is 24.0. The normalized spacial score (nSPS) is 23.2. The summed E-state index contributed by atoms with van der Waals surface area (Å²) in [6, 6.07) is 6.74. The molecule has 5 atom stereocenters. The van der Waals surface area contributed by atoms with Gasteiger partial charge in [0.05, 0.1) is 0 Å². The van der Waals surface area contributed by atoms with Gasteiger partial charge in [0, 0.05) is 16.7 Å². The summed E-state index contributed by atoms with van der Waals surface area (Å²) < 4.78 is 5.56. The van der Waals surface area contributed by atoms with E-state index in [1.165, 1.54) is 0 Å². The van der Waals surface area contributed by atoms with Gasteiger partial charge in [-0.1, -0.05) is 58.8 Å². The number of ether oxygens (including phenoxy) is 1. The molecule has 0 heterocycles. The van der Waals surface area contributed by atoms with Crippen molar-refractivity contribution in [3.8, 4) is 23.0 Å². The predicted molar refractivity (Wildman–Crippen MR) is 196 cm³/mol. The molecule has 2 aromatic carbocycles. The molecule has 48 heavy (non-hydrogen) atoms. The molecule has 0 unspecified atom stereocenters. The number of hydrogen-bond acceptors (Lipinski definition) is 6. The Hall–Kier alpha value is -1.93. The van der Waals surface area contributed by atoms with E-state index in [1.54, 1.807) is 24.3 Å². The van der Waals surface area contributed by atoms with Gasteiger partial charge in [0.25, 0.3) is 0 Å². The van der Waals surface area contributed by atoms with E-state index >= 15 is 0 Å². The van der Waals surface area contributed by atoms with Crippen LogP contribution in [0.4, 0.5) is 4.79 Å². The summed E-state index contributed by atoms with van der Waals surface area (Å²) in [5.41, 5.74) is 7.88. The molecular weight excluding hydrogens is 696 g/mol. The SMILES string of the molecule is C[C@H]1CCCC[C@H](CCCC(Cl)Cl)c2c(O)cc(cc2O)[C@H](OC(N)=O)[C@@H](C)CCCC[C@H](CCCC(Cl)Cl)c2c(O)cc(cc2O)C1. The largest absolute Gasteiger partial charge is 0.508 e. The number of halogens is 4. The number of carbonyl (C=O) groups is 1. The first-order chi connectivity index (χ1) is 22.8. The molecule has 0 aliphatic heterocycles. The number of primary amides is 1. The minimum Gasteiger partial charge on any atom is -0.508 e. The number of phenols is 4. The van der Waals surface area contributed by atoms with Crippen molar-refractivity contribution in [1.82, 2.24) is 0 Å². The van der Waals surface area contributed by atoms with Gasteiger partial charge in [0.1, 0.15) is 38.8 Å². The molecule has 0 radical (unpaired) electrons. The van der Waals surface area contributed by atoms with Crippen LogP contribution in [-0.4, -0.2) is 36.2 Å². The molecule has 2 aromatic rings. The molecule has 4 aliphatic carbocycles. The Morgan fingerprint density at radius 2 is 1.19 bits per heavy atom. The third kappa shape index (κ3) is 12.8. The lowest BCUT2D eigenvalue weighted by molar-refractivity contribution is 0.0690. The van der Waals surface area contributed by atoms with Crippen molar-refractivity contribution in [3.05, 3.63) is 46.5 Å². The lowest BCUT2D eigenvalue weighted by atomic mass is 9.83. The van der Waals surface area contributed by atoms with Crippen LogP contribution in [0.3, 0.4) is 0 Å². The lowest BCUT2D eigenvalue weighted by Crippen LogP contribution is -2.22. The Morgan fingerprint density at radius 3 is 1.65 bits per heavy atom. The Bertz CT molecular complexity index is 1260. The first-order valence-electron chi connectivity index (χ1n) is 17.4. The molecule has 7 nitrogen and oxygen atoms in total. The molecule has 0 aromatic heterocycles. The lowest BCUT2D eigenvalue weighted by Gasteiger charge is -2.27. The molecule has 270 valence electrons. The second-order valence-corrected chi connectivity index (χ2v) is 16.3. The van der Waals surface area contributed by atoms with E-state index in [0.717, 1.165) is 63.4 Å². The molecular formula is C37H53Cl4NO6. The molecule has 11 heteroatoms. The second-order valence-electron chi connectivity index (χ2n) is 13.8. The van der Waals surface area contributed by atoms with Crippen molar-refractivity contribution in [2.24, 2.45) is 17.6 Å². The molecule has 0 fully saturated rings. The quantitative estimate of drug-likeness (QED) is 0.162. The smallest absolute Gasteiger partial charge is 0.405 e. The molecule has 6 rings (SSSR count). The van der Waals surface area contributed by atoms with Crippen LogP contribution in [0.2, 0.25) is 0 Å². The minimum atomic E-state index is -0.938. The van der Waals surface area contributed by atoms with E-state index in [2.05, 4.69) is 6.92 Å². The molecule has 0 spiro atoms. The fraction of sp³-hybridized carbons (Fsp3) is 0.649. The van der Waals surface area contributed by atoms with Crippen molar-refractivity contribution in [2.45, 2.75) is 138 Å². The fourth-order valence-electron chi connectivity index (χ4n) is 7.38. The number of benzene rings is 2. The topological polar surface area (TPSA) is 133 Å². The van der Waals surface area contributed by atoms with E-state index in [1.807, 2.05) is 6.92 Å². The number of amides is 1. The minimum absolute atomic E-state index is 0.0364. The van der Waals surface area contributed by atoms with Gasteiger partial charge in [0.2, 0.25) is 0 Å². The van der Waals surface area contributed by atoms with Crippen LogP contribution in [0, 0.1) is 11.8 Å². The van der Waals surface area contributed by atoms with E-state index in [9.17, 15) is 25.2 Å². The van der Waals surface area contributed by atoms with Crippen LogP contribution in [0.15, 0.2) is 24.3 Å². The van der Waals surface area contributed by atoms with Crippen LogP contribution in [0.1, 0.15) is 144 Å². The number of carbonyl (C=O) groups excluding carboxylic acids is 1. The van der Waals surface area contributed by atoms with Crippen molar-refractivity contribution in [2.75, 3.05) is 0 Å². The molecule has 4 aliphatic rings. The maximum atomic E-state index is 12.0. The van der Waals surface area contributed by atoms with Gasteiger partial charge in [-0.2, -0.15) is 0 Å². The number of hydrogen-bond donors (Lipinski definition) is 5. The average molecular weight is 750 g/mol. The van der Waals surface area contributed by atoms with Crippen molar-refractivity contribution in [1.29, 1.82) is 0 Å². The van der Waals surface area contributed by atoms with E-state index in [4.69, 9.17) is 56.9 Å². The zero-order valence-corrected chi connectivity index (χ0v) is 31.2. The van der Waals surface area contributed by atoms with Crippen molar-refractivity contribution < 1.29 is 30.0 Å². The monoisotopic (exact) mass is 747 g/mol. The highest BCUT2D eigenvalue weighted by atomic mass is 35.5. The maximum Gasteiger partial charge on any atom is 0.405 e. The number of alkyl halides is 4. The summed E-state index contributed by atoms with van der Waals surface area (Å²) in [4.78, 5) is 11.0. The number of rotatable bonds is 9. The van der Waals surface area contributed by atoms with Crippen molar-refractivity contribution in [3.63, 3.8) is 0 Å². The standard InChI is InChI=1S/C37H53Cl4NO6/c1-22-9-3-5-11-26(14-8-16-33(40)41)35-30(45)20-27(21-31(35)46)36(48-37(42)47)23(2)10-4-6-12-25(13-7-15-32(38)39)34-28(43)18-24(17-22)19-29(34)44/h18-23,25-26,32-33,36,43-46H,3-17H2,1-2H3,(H2,42,47)/t22-,23-,25+,26+,36+/m0/s1. The van der Waals surface area contributed by atoms with Gasteiger partial charge in [-0.25, -0.2) is 4.79 Å². The van der Waals surface area contributed by atoms with Crippen molar-refractivity contribution >= 4 is 52.5 Å². The van der Waals surface area contributed by atoms with E-state index < -0.39 is 21.9 Å². The van der Waals surface area contributed by atoms with Gasteiger partial charge in [0.15, 0.2) is 0 Å². The highest BCUT2D eigenvalue weighted by molar-refractivity contribution is 6.44. The Kier molecular flexibility index (Phi) is 16.9. The maximum absolute atomic E-state index is 12.0. The third-order valence-corrected chi connectivity index (χ3v) is 10.6. The van der Waals surface area contributed by atoms with Crippen LogP contribution in [-0.2, 0) is 11.2 Å². The third-order valence-electron chi connectivity index (χ3n) is 9.76. The summed E-state index contributed by atoms with van der Waals surface area (Å²) in [6.45, 7) is 4.11. The van der Waals surface area contributed by atoms with Crippen LogP contribution in [0.5, 0.6) is 23.0 Å². The molecule has 4 bridgehead atoms. The molecule has 0 saturated carbocycles. The zero-order chi connectivity index (χ0) is 35.4. The summed E-state index contributed by atoms with van der Waals surface area (Å²) in [5.74, 6) is 0.0611. The Labute approximate surface area is 306 Å². The Balaban J connectivity index is 1.95. The molecule has 1 amide bonds. The zero-order valence-electron chi connectivity index (χ0n) is 28.2. The highest BCUT2D eigenvalue weighted by Gasteiger charge is 2.28. The van der Waals surface area contributed by atoms with Gasteiger partial charge in [-0.15, -0.1) is 46.4 Å². The van der Waals surface area contributed by atoms with Gasteiger partial charge in [-0.3, -0.25) is 0 Å². The number of phenolic OH excluding ortho intramolecular Hbond substituents is 4. The first kappa shape index (κ1) is 40.5. The summed E-state index contributed by atoms with van der Waals surface area (Å²) in [5, 5.41) is 44.9. The van der Waals surface area contributed by atoms with Crippen LogP contribution >= 0.6 is 46.4 Å². The van der Waals surface area contributed by atoms with Gasteiger partial charge >= 0.3 is 6.09 Å². The highest BCUT2D eigenvalue weighted by Crippen LogP contribution is 2.45. The number of nitrogens with two attached hydrogens (primary N) is 1. The Morgan fingerprint density at radius 1 is 0.750 bits per heavy atom. The first-order valence-corrected chi connectivity index (χ1v) is 19.1. The molecule has 0 saturated heterocycles. The fourth-order valence-corrected chi connectivity index (χ4v) is 8.00. The molecule has 6 N–H and O–H groups in total. The van der Waals surface area contributed by atoms with Crippen LogP contribution < -0.4 is 5.73 Å². The van der Waals surface area contributed by atoms with E-state index in [-0.39, 0.29) is 40.8 Å².